The average Bonchev–Trinajstić information content (AvgIpc) is 2.67. The van der Waals surface area contributed by atoms with Gasteiger partial charge in [-0.25, -0.2) is 4.79 Å². The number of aliphatic hydroxyl groups is 1. The normalized spacial score (nSPS) is 13.3. The smallest absolute Gasteiger partial charge is 0.334 e. The third-order valence-electron chi connectivity index (χ3n) is 4.17. The molecule has 0 radical (unpaired) electrons. The lowest BCUT2D eigenvalue weighted by Crippen LogP contribution is -2.26. The SMILES string of the molecule is COc1ccc([C@H](Sc2ccc3ccccc3c2N)C(O)C(=O)O)cc1. The van der Waals surface area contributed by atoms with Crippen LogP contribution in [0.15, 0.2) is 65.6 Å². The molecule has 5 nitrogen and oxygen atoms in total. The molecule has 0 amide bonds. The van der Waals surface area contributed by atoms with E-state index in [4.69, 9.17) is 10.5 Å². The van der Waals surface area contributed by atoms with Gasteiger partial charge in [-0.2, -0.15) is 0 Å². The molecule has 0 spiro atoms. The van der Waals surface area contributed by atoms with Gasteiger partial charge < -0.3 is 20.7 Å². The number of aliphatic carboxylic acids is 1. The Morgan fingerprint density at radius 1 is 1.08 bits per heavy atom. The van der Waals surface area contributed by atoms with Crippen molar-refractivity contribution in [2.24, 2.45) is 0 Å². The Labute approximate surface area is 155 Å². The summed E-state index contributed by atoms with van der Waals surface area (Å²) >= 11 is 1.24. The van der Waals surface area contributed by atoms with Gasteiger partial charge in [0.25, 0.3) is 0 Å². The van der Waals surface area contributed by atoms with Crippen molar-refractivity contribution in [2.75, 3.05) is 12.8 Å². The number of aliphatic hydroxyl groups excluding tert-OH is 1. The quantitative estimate of drug-likeness (QED) is 0.453. The van der Waals surface area contributed by atoms with Crippen molar-refractivity contribution in [1.29, 1.82) is 0 Å². The first-order chi connectivity index (χ1) is 12.5. The van der Waals surface area contributed by atoms with Gasteiger partial charge in [-0.1, -0.05) is 42.5 Å². The Balaban J connectivity index is 2.00. The molecule has 134 valence electrons. The number of methoxy groups -OCH3 is 1. The predicted molar refractivity (Wildman–Crippen MR) is 104 cm³/mol. The van der Waals surface area contributed by atoms with Crippen molar-refractivity contribution in [3.05, 3.63) is 66.2 Å². The van der Waals surface area contributed by atoms with E-state index in [9.17, 15) is 15.0 Å². The van der Waals surface area contributed by atoms with Gasteiger partial charge in [-0.15, -0.1) is 11.8 Å². The second-order valence-electron chi connectivity index (χ2n) is 5.79. The molecule has 6 heteroatoms. The molecular formula is C20H19NO4S. The zero-order valence-electron chi connectivity index (χ0n) is 14.1. The molecule has 2 atom stereocenters. The summed E-state index contributed by atoms with van der Waals surface area (Å²) in [6, 6.07) is 18.5. The molecule has 0 fully saturated rings. The predicted octanol–water partition coefficient (Wildman–Crippen LogP) is 3.71. The van der Waals surface area contributed by atoms with Crippen LogP contribution in [-0.4, -0.2) is 29.4 Å². The average molecular weight is 369 g/mol. The molecule has 0 saturated heterocycles. The number of anilines is 1. The first kappa shape index (κ1) is 18.1. The van der Waals surface area contributed by atoms with Crippen LogP contribution in [0.3, 0.4) is 0 Å². The highest BCUT2D eigenvalue weighted by Crippen LogP contribution is 2.42. The number of carboxylic acids is 1. The minimum atomic E-state index is -1.57. The number of hydrogen-bond donors (Lipinski definition) is 3. The van der Waals surface area contributed by atoms with E-state index in [-0.39, 0.29) is 0 Å². The molecular weight excluding hydrogens is 350 g/mol. The summed E-state index contributed by atoms with van der Waals surface area (Å²) in [6.45, 7) is 0. The van der Waals surface area contributed by atoms with Crippen molar-refractivity contribution < 1.29 is 19.7 Å². The van der Waals surface area contributed by atoms with Crippen LogP contribution < -0.4 is 10.5 Å². The maximum absolute atomic E-state index is 11.4. The van der Waals surface area contributed by atoms with Crippen LogP contribution >= 0.6 is 11.8 Å². The Hall–Kier alpha value is -2.70. The van der Waals surface area contributed by atoms with Crippen molar-refractivity contribution in [1.82, 2.24) is 0 Å². The lowest BCUT2D eigenvalue weighted by atomic mass is 10.1. The Bertz CT molecular complexity index is 927. The van der Waals surface area contributed by atoms with Gasteiger partial charge in [-0.3, -0.25) is 0 Å². The number of nitrogens with two attached hydrogens (primary N) is 1. The summed E-state index contributed by atoms with van der Waals surface area (Å²) in [5.74, 6) is -0.620. The van der Waals surface area contributed by atoms with Gasteiger partial charge in [0.15, 0.2) is 6.10 Å². The number of thioether (sulfide) groups is 1. The Kier molecular flexibility index (Phi) is 5.35. The van der Waals surface area contributed by atoms with Gasteiger partial charge >= 0.3 is 5.97 Å². The van der Waals surface area contributed by atoms with Crippen LogP contribution in [0.1, 0.15) is 10.8 Å². The van der Waals surface area contributed by atoms with Gasteiger partial charge in [0.05, 0.1) is 18.0 Å². The molecule has 0 aliphatic heterocycles. The number of fused-ring (bicyclic) bond motifs is 1. The molecule has 0 bridgehead atoms. The number of carbonyl (C=O) groups is 1. The van der Waals surface area contributed by atoms with E-state index in [1.54, 1.807) is 31.4 Å². The van der Waals surface area contributed by atoms with Crippen molar-refractivity contribution in [3.63, 3.8) is 0 Å². The number of rotatable bonds is 6. The summed E-state index contributed by atoms with van der Waals surface area (Å²) in [7, 11) is 1.56. The first-order valence-corrected chi connectivity index (χ1v) is 8.88. The molecule has 0 heterocycles. The number of carboxylic acid groups (broad SMARTS) is 1. The summed E-state index contributed by atoms with van der Waals surface area (Å²) in [4.78, 5) is 12.1. The summed E-state index contributed by atoms with van der Waals surface area (Å²) in [6.07, 6.45) is -1.57. The van der Waals surface area contributed by atoms with E-state index in [1.165, 1.54) is 11.8 Å². The first-order valence-electron chi connectivity index (χ1n) is 8.00. The van der Waals surface area contributed by atoms with E-state index >= 15 is 0 Å². The summed E-state index contributed by atoms with van der Waals surface area (Å²) in [5, 5.41) is 20.8. The lowest BCUT2D eigenvalue weighted by molar-refractivity contribution is -0.146. The number of ether oxygens (including phenoxy) is 1. The zero-order chi connectivity index (χ0) is 18.7. The minimum Gasteiger partial charge on any atom is -0.497 e. The van der Waals surface area contributed by atoms with E-state index in [1.807, 2.05) is 36.4 Å². The summed E-state index contributed by atoms with van der Waals surface area (Å²) < 4.78 is 5.14. The van der Waals surface area contributed by atoms with E-state index in [0.717, 1.165) is 15.7 Å². The molecule has 26 heavy (non-hydrogen) atoms. The second kappa shape index (κ2) is 7.68. The molecule has 4 N–H and O–H groups in total. The van der Waals surface area contributed by atoms with Gasteiger partial charge in [0.1, 0.15) is 5.75 Å². The third-order valence-corrected chi connectivity index (χ3v) is 5.56. The maximum atomic E-state index is 11.4. The Morgan fingerprint density at radius 3 is 2.42 bits per heavy atom. The molecule has 1 unspecified atom stereocenters. The second-order valence-corrected chi connectivity index (χ2v) is 6.98. The Morgan fingerprint density at radius 2 is 1.77 bits per heavy atom. The third kappa shape index (κ3) is 3.61. The van der Waals surface area contributed by atoms with Crippen LogP contribution in [0.25, 0.3) is 10.8 Å². The highest BCUT2D eigenvalue weighted by Gasteiger charge is 2.29. The van der Waals surface area contributed by atoms with Crippen LogP contribution in [0.5, 0.6) is 5.75 Å². The molecule has 0 saturated carbocycles. The molecule has 3 rings (SSSR count). The van der Waals surface area contributed by atoms with Crippen LogP contribution in [0, 0.1) is 0 Å². The van der Waals surface area contributed by atoms with Crippen molar-refractivity contribution in [3.8, 4) is 5.75 Å². The fourth-order valence-corrected chi connectivity index (χ4v) is 3.95. The van der Waals surface area contributed by atoms with Gasteiger partial charge in [0, 0.05) is 10.3 Å². The van der Waals surface area contributed by atoms with Crippen LogP contribution in [-0.2, 0) is 4.79 Å². The number of nitrogen functional groups attached to an aromatic ring is 1. The van der Waals surface area contributed by atoms with E-state index in [2.05, 4.69) is 0 Å². The van der Waals surface area contributed by atoms with E-state index in [0.29, 0.717) is 17.0 Å². The fourth-order valence-electron chi connectivity index (χ4n) is 2.75. The maximum Gasteiger partial charge on any atom is 0.334 e. The van der Waals surface area contributed by atoms with Crippen molar-refractivity contribution in [2.45, 2.75) is 16.2 Å². The standard InChI is InChI=1S/C20H19NO4S/c1-25-14-9-6-13(7-10-14)19(18(22)20(23)24)26-16-11-8-12-4-2-3-5-15(12)17(16)21/h2-11,18-19,22H,21H2,1H3,(H,23,24)/t18?,19-/m0/s1. The molecule has 0 aromatic heterocycles. The highest BCUT2D eigenvalue weighted by atomic mass is 32.2. The topological polar surface area (TPSA) is 92.8 Å². The van der Waals surface area contributed by atoms with E-state index < -0.39 is 17.3 Å². The molecule has 3 aromatic rings. The monoisotopic (exact) mass is 369 g/mol. The molecule has 3 aromatic carbocycles. The molecule has 0 aliphatic carbocycles. The van der Waals surface area contributed by atoms with Gasteiger partial charge in [0.2, 0.25) is 0 Å². The number of benzene rings is 3. The highest BCUT2D eigenvalue weighted by molar-refractivity contribution is 7.99. The number of hydrogen-bond acceptors (Lipinski definition) is 5. The fraction of sp³-hybridized carbons (Fsp3) is 0.150. The zero-order valence-corrected chi connectivity index (χ0v) is 14.9. The van der Waals surface area contributed by atoms with Crippen molar-refractivity contribution >= 4 is 34.2 Å². The van der Waals surface area contributed by atoms with Crippen LogP contribution in [0.2, 0.25) is 0 Å². The minimum absolute atomic E-state index is 0.573. The summed E-state index contributed by atoms with van der Waals surface area (Å²) in [5.41, 5.74) is 7.55. The van der Waals surface area contributed by atoms with Crippen LogP contribution in [0.4, 0.5) is 5.69 Å². The van der Waals surface area contributed by atoms with Gasteiger partial charge in [-0.05, 0) is 29.1 Å². The molecule has 0 aliphatic rings. The lowest BCUT2D eigenvalue weighted by Gasteiger charge is -2.21. The largest absolute Gasteiger partial charge is 0.497 e.